The number of nitrogens with zero attached hydrogens (tertiary/aromatic N) is 1. The molecule has 0 aromatic heterocycles. The van der Waals surface area contributed by atoms with Gasteiger partial charge in [-0.2, -0.15) is 0 Å². The summed E-state index contributed by atoms with van der Waals surface area (Å²) < 4.78 is 5.11. The molecule has 4 N–H and O–H groups in total. The maximum atomic E-state index is 13.3. The van der Waals surface area contributed by atoms with Crippen LogP contribution in [0.25, 0.3) is 0 Å². The first-order valence-electron chi connectivity index (χ1n) is 11.8. The van der Waals surface area contributed by atoms with Gasteiger partial charge in [-0.3, -0.25) is 14.4 Å². The maximum absolute atomic E-state index is 13.3. The number of allylic oxidation sites excluding steroid dienone is 1. The first-order chi connectivity index (χ1) is 15.2. The van der Waals surface area contributed by atoms with E-state index in [4.69, 9.17) is 10.5 Å². The quantitative estimate of drug-likeness (QED) is 0.563. The van der Waals surface area contributed by atoms with Gasteiger partial charge >= 0.3 is 6.09 Å². The van der Waals surface area contributed by atoms with Gasteiger partial charge in [-0.05, 0) is 50.9 Å². The van der Waals surface area contributed by atoms with Crippen LogP contribution in [-0.2, 0) is 19.1 Å². The van der Waals surface area contributed by atoms with Gasteiger partial charge in [-0.25, -0.2) is 4.79 Å². The molecule has 2 fully saturated rings. The molecule has 0 aromatic rings. The Morgan fingerprint density at radius 1 is 1.25 bits per heavy atom. The average Bonchev–Trinajstić information content (AvgIpc) is 3.19. The highest BCUT2D eigenvalue weighted by atomic mass is 16.6. The van der Waals surface area contributed by atoms with E-state index in [-0.39, 0.29) is 23.6 Å². The molecule has 3 aliphatic rings. The van der Waals surface area contributed by atoms with Gasteiger partial charge in [0.15, 0.2) is 6.10 Å². The molecule has 4 amide bonds. The van der Waals surface area contributed by atoms with Crippen molar-refractivity contribution in [3.05, 3.63) is 12.2 Å². The summed E-state index contributed by atoms with van der Waals surface area (Å²) in [7, 11) is 0. The fourth-order valence-electron chi connectivity index (χ4n) is 4.63. The third-order valence-corrected chi connectivity index (χ3v) is 6.51. The molecule has 0 bridgehead atoms. The van der Waals surface area contributed by atoms with Crippen molar-refractivity contribution in [3.8, 4) is 0 Å². The predicted molar refractivity (Wildman–Crippen MR) is 118 cm³/mol. The second-order valence-corrected chi connectivity index (χ2v) is 9.56. The SMILES string of the molecule is CC(C)CNC(=O)C12CC1/C=C/CCCCCC(OC(N)=O)C(=O)N1CCCC1C(=O)N2. The number of ether oxygens (including phenoxy) is 1. The molecule has 2 aliphatic heterocycles. The third-order valence-electron chi connectivity index (χ3n) is 6.51. The number of carbonyl (C=O) groups excluding carboxylic acids is 4. The Hall–Kier alpha value is -2.58. The lowest BCUT2D eigenvalue weighted by atomic mass is 10.1. The molecule has 1 saturated heterocycles. The van der Waals surface area contributed by atoms with E-state index in [0.717, 1.165) is 19.3 Å². The number of primary amides is 1. The Balaban J connectivity index is 1.82. The fourth-order valence-corrected chi connectivity index (χ4v) is 4.63. The van der Waals surface area contributed by atoms with Crippen molar-refractivity contribution >= 4 is 23.8 Å². The highest BCUT2D eigenvalue weighted by Gasteiger charge is 2.60. The van der Waals surface area contributed by atoms with E-state index in [1.54, 1.807) is 0 Å². The number of amides is 4. The molecular formula is C23H36N4O5. The third kappa shape index (κ3) is 5.61. The zero-order chi connectivity index (χ0) is 23.3. The van der Waals surface area contributed by atoms with Crippen molar-refractivity contribution in [2.75, 3.05) is 13.1 Å². The number of hydrogen-bond donors (Lipinski definition) is 3. The Kier molecular flexibility index (Phi) is 7.79. The van der Waals surface area contributed by atoms with Gasteiger partial charge in [-0.1, -0.05) is 32.4 Å². The van der Waals surface area contributed by atoms with Crippen LogP contribution in [0.3, 0.4) is 0 Å². The van der Waals surface area contributed by atoms with E-state index >= 15 is 0 Å². The number of rotatable bonds is 4. The van der Waals surface area contributed by atoms with E-state index in [9.17, 15) is 19.2 Å². The summed E-state index contributed by atoms with van der Waals surface area (Å²) >= 11 is 0. The van der Waals surface area contributed by atoms with Crippen LogP contribution in [-0.4, -0.2) is 59.5 Å². The summed E-state index contributed by atoms with van der Waals surface area (Å²) in [6, 6.07) is -0.688. The topological polar surface area (TPSA) is 131 Å². The molecule has 1 aliphatic carbocycles. The minimum Gasteiger partial charge on any atom is -0.436 e. The number of nitrogens with two attached hydrogens (primary N) is 1. The number of fused-ring (bicyclic) bond motifs is 2. The molecule has 0 aromatic carbocycles. The van der Waals surface area contributed by atoms with Gasteiger partial charge in [0.05, 0.1) is 0 Å². The zero-order valence-electron chi connectivity index (χ0n) is 19.1. The Labute approximate surface area is 189 Å². The first-order valence-corrected chi connectivity index (χ1v) is 11.8. The van der Waals surface area contributed by atoms with Gasteiger partial charge < -0.3 is 26.0 Å². The number of carbonyl (C=O) groups is 4. The van der Waals surface area contributed by atoms with Crippen LogP contribution in [0, 0.1) is 11.8 Å². The van der Waals surface area contributed by atoms with Crippen molar-refractivity contribution in [2.45, 2.75) is 82.9 Å². The average molecular weight is 449 g/mol. The smallest absolute Gasteiger partial charge is 0.405 e. The molecule has 178 valence electrons. The summed E-state index contributed by atoms with van der Waals surface area (Å²) in [6.07, 6.45) is 7.58. The summed E-state index contributed by atoms with van der Waals surface area (Å²) in [5.74, 6) is -0.657. The van der Waals surface area contributed by atoms with Crippen LogP contribution in [0.1, 0.15) is 65.2 Å². The highest BCUT2D eigenvalue weighted by Crippen LogP contribution is 2.45. The second-order valence-electron chi connectivity index (χ2n) is 9.56. The van der Waals surface area contributed by atoms with Crippen LogP contribution in [0.4, 0.5) is 4.79 Å². The molecule has 32 heavy (non-hydrogen) atoms. The van der Waals surface area contributed by atoms with Crippen LogP contribution in [0.2, 0.25) is 0 Å². The lowest BCUT2D eigenvalue weighted by molar-refractivity contribution is -0.146. The predicted octanol–water partition coefficient (Wildman–Crippen LogP) is 1.61. The Morgan fingerprint density at radius 3 is 2.75 bits per heavy atom. The molecule has 0 radical (unpaired) electrons. The van der Waals surface area contributed by atoms with Crippen LogP contribution in [0.15, 0.2) is 12.2 Å². The van der Waals surface area contributed by atoms with E-state index < -0.39 is 23.8 Å². The molecule has 1 saturated carbocycles. The van der Waals surface area contributed by atoms with E-state index in [0.29, 0.717) is 51.1 Å². The molecule has 4 atom stereocenters. The monoisotopic (exact) mass is 448 g/mol. The van der Waals surface area contributed by atoms with Crippen molar-refractivity contribution in [1.29, 1.82) is 0 Å². The number of nitrogens with one attached hydrogen (secondary N) is 2. The van der Waals surface area contributed by atoms with E-state index in [2.05, 4.69) is 16.7 Å². The normalized spacial score (nSPS) is 32.1. The lowest BCUT2D eigenvalue weighted by Crippen LogP contribution is -2.57. The molecule has 9 heteroatoms. The summed E-state index contributed by atoms with van der Waals surface area (Å²) in [5, 5.41) is 5.94. The zero-order valence-corrected chi connectivity index (χ0v) is 19.1. The van der Waals surface area contributed by atoms with E-state index in [1.807, 2.05) is 19.9 Å². The molecule has 3 rings (SSSR count). The molecule has 9 nitrogen and oxygen atoms in total. The van der Waals surface area contributed by atoms with Gasteiger partial charge in [0.2, 0.25) is 11.8 Å². The molecule has 0 spiro atoms. The number of hydrogen-bond acceptors (Lipinski definition) is 5. The maximum Gasteiger partial charge on any atom is 0.405 e. The Morgan fingerprint density at radius 2 is 2.03 bits per heavy atom. The highest BCUT2D eigenvalue weighted by molar-refractivity contribution is 5.98. The van der Waals surface area contributed by atoms with Gasteiger partial charge in [0, 0.05) is 19.0 Å². The van der Waals surface area contributed by atoms with Crippen molar-refractivity contribution in [3.63, 3.8) is 0 Å². The largest absolute Gasteiger partial charge is 0.436 e. The van der Waals surface area contributed by atoms with Crippen molar-refractivity contribution < 1.29 is 23.9 Å². The van der Waals surface area contributed by atoms with E-state index in [1.165, 1.54) is 4.90 Å². The van der Waals surface area contributed by atoms with Crippen LogP contribution in [0.5, 0.6) is 0 Å². The van der Waals surface area contributed by atoms with Gasteiger partial charge in [-0.15, -0.1) is 0 Å². The summed E-state index contributed by atoms with van der Waals surface area (Å²) in [6.45, 7) is 4.98. The van der Waals surface area contributed by atoms with Crippen LogP contribution >= 0.6 is 0 Å². The van der Waals surface area contributed by atoms with Crippen molar-refractivity contribution in [2.24, 2.45) is 17.6 Å². The van der Waals surface area contributed by atoms with Crippen molar-refractivity contribution in [1.82, 2.24) is 15.5 Å². The fraction of sp³-hybridized carbons (Fsp3) is 0.739. The van der Waals surface area contributed by atoms with Gasteiger partial charge in [0.1, 0.15) is 11.6 Å². The molecule has 2 heterocycles. The second kappa shape index (κ2) is 10.4. The standard InChI is InChI=1S/C23H36N4O5/c1-15(2)14-25-21(30)23-13-16(23)9-6-4-3-5-7-11-18(32-22(24)31)20(29)27-12-8-10-17(27)19(28)26-23/h6,9,15-18H,3-5,7-8,10-14H2,1-2H3,(H2,24,31)(H,25,30)(H,26,28)/b9-6+. The first kappa shape index (κ1) is 24.1. The summed E-state index contributed by atoms with van der Waals surface area (Å²) in [4.78, 5) is 52.3. The minimum absolute atomic E-state index is 0.0553. The minimum atomic E-state index is -0.994. The van der Waals surface area contributed by atoms with Gasteiger partial charge in [0.25, 0.3) is 5.91 Å². The lowest BCUT2D eigenvalue weighted by Gasteiger charge is -2.29. The van der Waals surface area contributed by atoms with Crippen LogP contribution < -0.4 is 16.4 Å². The summed E-state index contributed by atoms with van der Waals surface area (Å²) in [5.41, 5.74) is 4.22. The molecular weight excluding hydrogens is 412 g/mol. The molecule has 4 unspecified atom stereocenters. The Bertz CT molecular complexity index is 767.